The molecule has 1 nitrogen and oxygen atoms in total. The predicted molar refractivity (Wildman–Crippen MR) is 97.6 cm³/mol. The van der Waals surface area contributed by atoms with E-state index in [0.717, 1.165) is 11.8 Å². The second-order valence-electron chi connectivity index (χ2n) is 8.66. The summed E-state index contributed by atoms with van der Waals surface area (Å²) < 4.78 is 1.19. The predicted octanol–water partition coefficient (Wildman–Crippen LogP) is 6.13. The van der Waals surface area contributed by atoms with Crippen LogP contribution in [0.15, 0.2) is 0 Å². The smallest absolute Gasteiger partial charge is 0.0810 e. The highest BCUT2D eigenvalue weighted by atomic mass is 15.3. The quantitative estimate of drug-likeness (QED) is 0.300. The largest absolute Gasteiger partial charge is 0.328 e. The minimum Gasteiger partial charge on any atom is -0.328 e. The Labute approximate surface area is 136 Å². The van der Waals surface area contributed by atoms with Crippen LogP contribution in [-0.4, -0.2) is 31.7 Å². The summed E-state index contributed by atoms with van der Waals surface area (Å²) in [6, 6.07) is 0. The molecule has 128 valence electrons. The third-order valence-corrected chi connectivity index (χ3v) is 5.84. The normalized spacial score (nSPS) is 14.7. The van der Waals surface area contributed by atoms with Crippen molar-refractivity contribution in [2.45, 2.75) is 86.5 Å². The van der Waals surface area contributed by atoms with Crippen molar-refractivity contribution in [1.82, 2.24) is 0 Å². The Morgan fingerprint density at radius 1 is 0.952 bits per heavy atom. The topological polar surface area (TPSA) is 0 Å². The van der Waals surface area contributed by atoms with Crippen LogP contribution < -0.4 is 0 Å². The summed E-state index contributed by atoms with van der Waals surface area (Å²) in [5, 5.41) is 0. The molecule has 0 bridgehead atoms. The summed E-state index contributed by atoms with van der Waals surface area (Å²) in [4.78, 5) is 0. The highest BCUT2D eigenvalue weighted by molar-refractivity contribution is 4.75. The third kappa shape index (κ3) is 8.86. The fraction of sp³-hybridized carbons (Fsp3) is 1.00. The first kappa shape index (κ1) is 21.0. The van der Waals surface area contributed by atoms with Crippen LogP contribution in [0.1, 0.15) is 86.5 Å². The number of unbranched alkanes of at least 4 members (excludes halogenated alkanes) is 2. The van der Waals surface area contributed by atoms with Crippen LogP contribution in [0.5, 0.6) is 0 Å². The van der Waals surface area contributed by atoms with Crippen molar-refractivity contribution in [2.24, 2.45) is 17.3 Å². The van der Waals surface area contributed by atoms with Gasteiger partial charge in [-0.1, -0.05) is 67.2 Å². The summed E-state index contributed by atoms with van der Waals surface area (Å²) in [5.74, 6) is 1.74. The minimum absolute atomic E-state index is 0.483. The molecule has 0 aromatic rings. The van der Waals surface area contributed by atoms with Gasteiger partial charge in [-0.25, -0.2) is 0 Å². The Bertz CT molecular complexity index is 251. The van der Waals surface area contributed by atoms with E-state index >= 15 is 0 Å². The van der Waals surface area contributed by atoms with E-state index in [1.165, 1.54) is 62.5 Å². The molecule has 0 fully saturated rings. The maximum Gasteiger partial charge on any atom is 0.0810 e. The first-order valence-electron chi connectivity index (χ1n) is 9.50. The van der Waals surface area contributed by atoms with E-state index in [9.17, 15) is 0 Å². The molecule has 1 heteroatoms. The van der Waals surface area contributed by atoms with E-state index < -0.39 is 0 Å². The van der Waals surface area contributed by atoms with Gasteiger partial charge in [0.05, 0.1) is 27.2 Å². The average molecular weight is 299 g/mol. The van der Waals surface area contributed by atoms with Crippen molar-refractivity contribution in [2.75, 3.05) is 27.2 Å². The molecule has 0 radical (unpaired) electrons. The number of rotatable bonds is 12. The maximum absolute atomic E-state index is 2.49. The zero-order valence-electron chi connectivity index (χ0n) is 16.5. The van der Waals surface area contributed by atoms with Gasteiger partial charge < -0.3 is 4.48 Å². The van der Waals surface area contributed by atoms with Crippen LogP contribution in [0.3, 0.4) is 0 Å². The second-order valence-corrected chi connectivity index (χ2v) is 8.66. The van der Waals surface area contributed by atoms with Gasteiger partial charge in [-0.05, 0) is 24.2 Å². The Morgan fingerprint density at radius 2 is 1.52 bits per heavy atom. The van der Waals surface area contributed by atoms with Crippen LogP contribution in [-0.2, 0) is 0 Å². The number of nitrogens with zero attached hydrogens (tertiary/aromatic N) is 1. The van der Waals surface area contributed by atoms with Crippen LogP contribution in [0, 0.1) is 17.3 Å². The molecule has 21 heavy (non-hydrogen) atoms. The molecular weight excluding hydrogens is 254 g/mol. The van der Waals surface area contributed by atoms with Crippen molar-refractivity contribution >= 4 is 0 Å². The third-order valence-electron chi connectivity index (χ3n) is 5.84. The van der Waals surface area contributed by atoms with Crippen molar-refractivity contribution in [3.8, 4) is 0 Å². The van der Waals surface area contributed by atoms with E-state index in [1.54, 1.807) is 0 Å². The van der Waals surface area contributed by atoms with Crippen LogP contribution in [0.2, 0.25) is 0 Å². The first-order chi connectivity index (χ1) is 9.68. The average Bonchev–Trinajstić information content (AvgIpc) is 2.43. The highest BCUT2D eigenvalue weighted by Crippen LogP contribution is 2.34. The molecule has 0 heterocycles. The van der Waals surface area contributed by atoms with Crippen LogP contribution in [0.4, 0.5) is 0 Å². The zero-order chi connectivity index (χ0) is 16.5. The lowest BCUT2D eigenvalue weighted by atomic mass is 9.74. The highest BCUT2D eigenvalue weighted by Gasteiger charge is 2.29. The zero-order valence-corrected chi connectivity index (χ0v) is 16.5. The van der Waals surface area contributed by atoms with Gasteiger partial charge in [0.1, 0.15) is 0 Å². The first-order valence-corrected chi connectivity index (χ1v) is 9.50. The van der Waals surface area contributed by atoms with E-state index in [2.05, 4.69) is 55.6 Å². The number of hydrogen-bond donors (Lipinski definition) is 0. The molecule has 0 aliphatic rings. The Morgan fingerprint density at radius 3 is 2.00 bits per heavy atom. The van der Waals surface area contributed by atoms with Gasteiger partial charge in [-0.3, -0.25) is 0 Å². The molecule has 0 saturated carbocycles. The summed E-state index contributed by atoms with van der Waals surface area (Å²) in [6.07, 6.45) is 9.56. The lowest BCUT2D eigenvalue weighted by Crippen LogP contribution is -2.45. The van der Waals surface area contributed by atoms with Gasteiger partial charge in [0.25, 0.3) is 0 Å². The molecule has 1 atom stereocenters. The molecule has 0 aliphatic carbocycles. The van der Waals surface area contributed by atoms with Crippen LogP contribution >= 0.6 is 0 Å². The fourth-order valence-electron chi connectivity index (χ4n) is 3.27. The molecule has 0 saturated heterocycles. The standard InChI is InChI=1S/C20H44N/c1-9-12-13-14-18(4)20(5,6)15-16-21(7,8)17-19(10-2)11-3/h18-19H,9-17H2,1-8H3/q+1. The minimum atomic E-state index is 0.483. The number of hydrogen-bond acceptors (Lipinski definition) is 0. The van der Waals surface area contributed by atoms with E-state index in [-0.39, 0.29) is 0 Å². The molecule has 0 aliphatic heterocycles. The molecular formula is C20H44N+. The van der Waals surface area contributed by atoms with Gasteiger partial charge in [0.2, 0.25) is 0 Å². The van der Waals surface area contributed by atoms with Gasteiger partial charge in [0.15, 0.2) is 0 Å². The van der Waals surface area contributed by atoms with Crippen molar-refractivity contribution in [1.29, 1.82) is 0 Å². The molecule has 0 amide bonds. The molecule has 0 spiro atoms. The van der Waals surface area contributed by atoms with Crippen molar-refractivity contribution in [3.63, 3.8) is 0 Å². The van der Waals surface area contributed by atoms with Gasteiger partial charge in [0, 0.05) is 12.3 Å². The SMILES string of the molecule is CCCCCC(C)C(C)(C)CC[N+](C)(C)CC(CC)CC. The molecule has 1 unspecified atom stereocenters. The summed E-state index contributed by atoms with van der Waals surface area (Å²) in [5.41, 5.74) is 0.483. The summed E-state index contributed by atoms with van der Waals surface area (Å²) in [7, 11) is 4.85. The van der Waals surface area contributed by atoms with E-state index in [1.807, 2.05) is 0 Å². The Hall–Kier alpha value is -0.0400. The monoisotopic (exact) mass is 298 g/mol. The summed E-state index contributed by atoms with van der Waals surface area (Å²) in [6.45, 7) is 17.1. The van der Waals surface area contributed by atoms with Gasteiger partial charge >= 0.3 is 0 Å². The molecule has 0 aromatic carbocycles. The lowest BCUT2D eigenvalue weighted by Gasteiger charge is -2.38. The van der Waals surface area contributed by atoms with E-state index in [4.69, 9.17) is 0 Å². The number of quaternary nitrogens is 1. The summed E-state index contributed by atoms with van der Waals surface area (Å²) >= 11 is 0. The van der Waals surface area contributed by atoms with Crippen LogP contribution in [0.25, 0.3) is 0 Å². The maximum atomic E-state index is 2.49. The molecule has 0 N–H and O–H groups in total. The Kier molecular flexibility index (Phi) is 9.85. The fourth-order valence-corrected chi connectivity index (χ4v) is 3.27. The van der Waals surface area contributed by atoms with Crippen molar-refractivity contribution in [3.05, 3.63) is 0 Å². The van der Waals surface area contributed by atoms with Gasteiger partial charge in [-0.2, -0.15) is 0 Å². The second kappa shape index (κ2) is 9.87. The molecule has 0 rings (SSSR count). The van der Waals surface area contributed by atoms with E-state index in [0.29, 0.717) is 5.41 Å². The molecule has 0 aromatic heterocycles. The van der Waals surface area contributed by atoms with Crippen molar-refractivity contribution < 1.29 is 4.48 Å². The Balaban J connectivity index is 4.31. The van der Waals surface area contributed by atoms with Gasteiger partial charge in [-0.15, -0.1) is 0 Å². The lowest BCUT2D eigenvalue weighted by molar-refractivity contribution is -0.894.